The van der Waals surface area contributed by atoms with E-state index in [9.17, 15) is 0 Å². The first kappa shape index (κ1) is 18.6. The Morgan fingerprint density at radius 1 is 0.741 bits per heavy atom. The smallest absolute Gasteiger partial charge is 0.0904 e. The van der Waals surface area contributed by atoms with Crippen LogP contribution in [0, 0.1) is 6.92 Å². The molecule has 1 aromatic heterocycles. The number of benzene rings is 3. The molecule has 0 spiro atoms. The Hall–Kier alpha value is -1.75. The molecule has 0 atom stereocenters. The van der Waals surface area contributed by atoms with Crippen LogP contribution in [0.25, 0.3) is 10.4 Å². The van der Waals surface area contributed by atoms with E-state index in [1.165, 1.54) is 21.6 Å². The maximum atomic E-state index is 4.98. The summed E-state index contributed by atoms with van der Waals surface area (Å²) in [6, 6.07) is 27.7. The second-order valence-corrected chi connectivity index (χ2v) is 9.38. The molecule has 0 N–H and O–H groups in total. The largest absolute Gasteiger partial charge is 0.245 e. The fraction of sp³-hybridized carbons (Fsp3) is 0.0870. The maximum Gasteiger partial charge on any atom is 0.0904 e. The molecule has 0 saturated carbocycles. The number of rotatable bonds is 4. The molecule has 0 radical (unpaired) electrons. The minimum Gasteiger partial charge on any atom is -0.245 e. The lowest BCUT2D eigenvalue weighted by Crippen LogP contribution is -2.05. The Labute approximate surface area is 180 Å². The quantitative estimate of drug-likeness (QED) is 0.279. The predicted molar refractivity (Wildman–Crippen MR) is 122 cm³/mol. The first-order valence-corrected chi connectivity index (χ1v) is 11.1. The van der Waals surface area contributed by atoms with Gasteiger partial charge in [0.1, 0.15) is 0 Å². The topological polar surface area (TPSA) is 12.9 Å². The highest BCUT2D eigenvalue weighted by Gasteiger charge is 2.24. The number of halogens is 2. The third kappa shape index (κ3) is 4.08. The van der Waals surface area contributed by atoms with Crippen LogP contribution in [0.15, 0.2) is 87.8 Å². The van der Waals surface area contributed by atoms with Gasteiger partial charge in [0.15, 0.2) is 0 Å². The van der Waals surface area contributed by atoms with Gasteiger partial charge in [0.05, 0.1) is 21.5 Å². The minimum absolute atomic E-state index is 0.0892. The van der Waals surface area contributed by atoms with Crippen molar-refractivity contribution in [2.45, 2.75) is 12.8 Å². The van der Waals surface area contributed by atoms with Crippen LogP contribution in [-0.4, -0.2) is 4.98 Å². The fourth-order valence-corrected chi connectivity index (χ4v) is 4.74. The Morgan fingerprint density at radius 2 is 1.26 bits per heavy atom. The second-order valence-electron chi connectivity index (χ2n) is 6.35. The zero-order valence-electron chi connectivity index (χ0n) is 14.7. The number of nitrogens with zero attached hydrogens (tertiary/aromatic N) is 1. The molecular formula is C23H17Br2NS. The van der Waals surface area contributed by atoms with Crippen LogP contribution >= 0.6 is 43.2 Å². The van der Waals surface area contributed by atoms with Crippen molar-refractivity contribution in [2.75, 3.05) is 0 Å². The van der Waals surface area contributed by atoms with E-state index in [1.54, 1.807) is 11.3 Å². The van der Waals surface area contributed by atoms with Gasteiger partial charge >= 0.3 is 0 Å². The summed E-state index contributed by atoms with van der Waals surface area (Å²) in [5, 5.41) is 1.09. The van der Waals surface area contributed by atoms with E-state index in [-0.39, 0.29) is 5.92 Å². The number of hydrogen-bond acceptors (Lipinski definition) is 2. The highest BCUT2D eigenvalue weighted by molar-refractivity contribution is 9.10. The van der Waals surface area contributed by atoms with Crippen LogP contribution in [0.1, 0.15) is 27.7 Å². The molecule has 0 unspecified atom stereocenters. The van der Waals surface area contributed by atoms with E-state index >= 15 is 0 Å². The molecule has 0 aliphatic carbocycles. The summed E-state index contributed by atoms with van der Waals surface area (Å²) in [6.45, 7) is 2.08. The minimum atomic E-state index is 0.0892. The lowest BCUT2D eigenvalue weighted by molar-refractivity contribution is 0.927. The van der Waals surface area contributed by atoms with Crippen molar-refractivity contribution in [1.29, 1.82) is 0 Å². The molecule has 3 aromatic carbocycles. The first-order chi connectivity index (χ1) is 13.1. The van der Waals surface area contributed by atoms with Crippen molar-refractivity contribution in [3.05, 3.63) is 110 Å². The summed E-state index contributed by atoms with van der Waals surface area (Å²) in [5.41, 5.74) is 4.82. The van der Waals surface area contributed by atoms with Crippen LogP contribution < -0.4 is 0 Å². The van der Waals surface area contributed by atoms with Gasteiger partial charge in [0, 0.05) is 8.95 Å². The van der Waals surface area contributed by atoms with Gasteiger partial charge < -0.3 is 0 Å². The molecule has 134 valence electrons. The summed E-state index contributed by atoms with van der Waals surface area (Å²) < 4.78 is 2.16. The Kier molecular flexibility index (Phi) is 5.58. The molecule has 1 heterocycles. The van der Waals surface area contributed by atoms with Crippen molar-refractivity contribution in [3.63, 3.8) is 0 Å². The van der Waals surface area contributed by atoms with E-state index in [0.717, 1.165) is 19.6 Å². The van der Waals surface area contributed by atoms with Crippen LogP contribution in [0.4, 0.5) is 0 Å². The van der Waals surface area contributed by atoms with Gasteiger partial charge in [-0.1, -0.05) is 86.5 Å². The second kappa shape index (κ2) is 8.09. The molecule has 1 nitrogen and oxygen atoms in total. The van der Waals surface area contributed by atoms with Crippen LogP contribution in [0.2, 0.25) is 0 Å². The van der Waals surface area contributed by atoms with Gasteiger partial charge in [0.25, 0.3) is 0 Å². The maximum absolute atomic E-state index is 4.98. The van der Waals surface area contributed by atoms with Gasteiger partial charge in [-0.25, -0.2) is 4.98 Å². The van der Waals surface area contributed by atoms with Crippen LogP contribution in [0.5, 0.6) is 0 Å². The van der Waals surface area contributed by atoms with Gasteiger partial charge in [-0.2, -0.15) is 0 Å². The van der Waals surface area contributed by atoms with E-state index in [0.29, 0.717) is 0 Å². The van der Waals surface area contributed by atoms with Crippen molar-refractivity contribution in [3.8, 4) is 10.4 Å². The number of thiazole rings is 1. The Bertz CT molecular complexity index is 993. The highest BCUT2D eigenvalue weighted by Crippen LogP contribution is 2.41. The Morgan fingerprint density at radius 3 is 1.78 bits per heavy atom. The highest BCUT2D eigenvalue weighted by atomic mass is 79.9. The van der Waals surface area contributed by atoms with Crippen molar-refractivity contribution >= 4 is 43.2 Å². The molecule has 0 aliphatic heterocycles. The van der Waals surface area contributed by atoms with Gasteiger partial charge in [0.2, 0.25) is 0 Å². The van der Waals surface area contributed by atoms with Gasteiger partial charge in [-0.05, 0) is 47.9 Å². The van der Waals surface area contributed by atoms with Gasteiger partial charge in [-0.15, -0.1) is 11.3 Å². The molecule has 0 amide bonds. The standard InChI is InChI=1S/C23H17Br2NS/c1-15-26-22(23(27-15)18-5-3-2-4-6-18)21(16-7-11-19(24)12-8-16)17-9-13-20(25)14-10-17/h2-14,21H,1H3. The normalized spacial score (nSPS) is 11.1. The van der Waals surface area contributed by atoms with E-state index in [2.05, 4.69) is 118 Å². The third-order valence-corrected chi connectivity index (χ3v) is 6.57. The van der Waals surface area contributed by atoms with E-state index in [1.807, 2.05) is 0 Å². The third-order valence-electron chi connectivity index (χ3n) is 4.48. The summed E-state index contributed by atoms with van der Waals surface area (Å²) in [6.07, 6.45) is 0. The molecule has 0 aliphatic rings. The summed E-state index contributed by atoms with van der Waals surface area (Å²) >= 11 is 8.87. The van der Waals surface area contributed by atoms with Crippen molar-refractivity contribution in [2.24, 2.45) is 0 Å². The molecule has 0 bridgehead atoms. The first-order valence-electron chi connectivity index (χ1n) is 8.65. The average molecular weight is 499 g/mol. The fourth-order valence-electron chi connectivity index (χ4n) is 3.25. The Balaban J connectivity index is 1.92. The molecule has 27 heavy (non-hydrogen) atoms. The van der Waals surface area contributed by atoms with Crippen molar-refractivity contribution < 1.29 is 0 Å². The summed E-state index contributed by atoms with van der Waals surface area (Å²) in [5.74, 6) is 0.0892. The van der Waals surface area contributed by atoms with E-state index < -0.39 is 0 Å². The number of aryl methyl sites for hydroxylation is 1. The van der Waals surface area contributed by atoms with E-state index in [4.69, 9.17) is 4.98 Å². The van der Waals surface area contributed by atoms with Crippen molar-refractivity contribution in [1.82, 2.24) is 4.98 Å². The van der Waals surface area contributed by atoms with Gasteiger partial charge in [-0.3, -0.25) is 0 Å². The monoisotopic (exact) mass is 497 g/mol. The number of aromatic nitrogens is 1. The predicted octanol–water partition coefficient (Wildman–Crippen LogP) is 7.82. The van der Waals surface area contributed by atoms with Crippen LogP contribution in [-0.2, 0) is 0 Å². The zero-order valence-corrected chi connectivity index (χ0v) is 18.7. The summed E-state index contributed by atoms with van der Waals surface area (Å²) in [7, 11) is 0. The molecule has 4 heteroatoms. The molecule has 4 aromatic rings. The molecule has 0 saturated heterocycles. The molecule has 0 fully saturated rings. The van der Waals surface area contributed by atoms with Crippen LogP contribution in [0.3, 0.4) is 0 Å². The average Bonchev–Trinajstić information content (AvgIpc) is 3.07. The molecular weight excluding hydrogens is 482 g/mol. The lowest BCUT2D eigenvalue weighted by Gasteiger charge is -2.18. The zero-order chi connectivity index (χ0) is 18.8. The molecule has 4 rings (SSSR count). The lowest BCUT2D eigenvalue weighted by atomic mass is 9.87. The summed E-state index contributed by atoms with van der Waals surface area (Å²) in [4.78, 5) is 6.22. The number of hydrogen-bond donors (Lipinski definition) is 0. The SMILES string of the molecule is Cc1nc(C(c2ccc(Br)cc2)c2ccc(Br)cc2)c(-c2ccccc2)s1.